The number of rotatable bonds is 8. The number of alkyl halides is 3. The van der Waals surface area contributed by atoms with Crippen molar-refractivity contribution < 1.29 is 32.1 Å². The summed E-state index contributed by atoms with van der Waals surface area (Å²) >= 11 is 12.4. The molecule has 0 aromatic heterocycles. The van der Waals surface area contributed by atoms with E-state index in [0.29, 0.717) is 43.8 Å². The van der Waals surface area contributed by atoms with Crippen molar-refractivity contribution in [1.29, 1.82) is 0 Å². The van der Waals surface area contributed by atoms with Gasteiger partial charge in [0.1, 0.15) is 6.42 Å². The highest BCUT2D eigenvalue weighted by Gasteiger charge is 2.48. The number of carbonyl (C=O) groups is 2. The lowest BCUT2D eigenvalue weighted by Gasteiger charge is -2.45. The van der Waals surface area contributed by atoms with Crippen molar-refractivity contribution in [1.82, 2.24) is 14.7 Å². The zero-order valence-corrected chi connectivity index (χ0v) is 25.0. The second-order valence-corrected chi connectivity index (χ2v) is 13.4. The van der Waals surface area contributed by atoms with Gasteiger partial charge in [0.05, 0.1) is 20.3 Å². The van der Waals surface area contributed by atoms with E-state index in [1.54, 1.807) is 6.07 Å². The molecule has 1 fully saturated rings. The number of fused-ring (bicyclic) bond motifs is 2. The Labute approximate surface area is 249 Å². The zero-order valence-electron chi connectivity index (χ0n) is 22.7. The average Bonchev–Trinajstić information content (AvgIpc) is 3.18. The fraction of sp³-hybridized carbons (Fsp3) is 0.500. The molecule has 7 nitrogen and oxygen atoms in total. The van der Waals surface area contributed by atoms with E-state index in [-0.39, 0.29) is 23.0 Å². The Hall–Kier alpha value is -2.34. The first-order valence-electron chi connectivity index (χ1n) is 13.1. The Bertz CT molecular complexity index is 1340. The summed E-state index contributed by atoms with van der Waals surface area (Å²) in [6.45, 7) is 1.26. The van der Waals surface area contributed by atoms with Crippen molar-refractivity contribution in [3.8, 4) is 0 Å². The smallest absolute Gasteiger partial charge is 0.407 e. The number of halogens is 5. The molecule has 2 aromatic carbocycles. The second kappa shape index (κ2) is 12.1. The lowest BCUT2D eigenvalue weighted by Crippen LogP contribution is -2.56. The monoisotopic (exact) mass is 633 g/mol. The van der Waals surface area contributed by atoms with Crippen LogP contribution in [0.2, 0.25) is 10.0 Å². The van der Waals surface area contributed by atoms with Gasteiger partial charge in [-0.2, -0.15) is 13.2 Å². The predicted octanol–water partition coefficient (Wildman–Crippen LogP) is 5.85. The van der Waals surface area contributed by atoms with E-state index < -0.39 is 45.7 Å². The number of nitrogens with zero attached hydrogens (tertiary/aromatic N) is 3. The molecule has 2 aromatic rings. The van der Waals surface area contributed by atoms with E-state index in [2.05, 4.69) is 4.90 Å². The molecule has 4 rings (SSSR count). The van der Waals surface area contributed by atoms with Gasteiger partial charge < -0.3 is 14.9 Å². The number of hydrogen-bond acceptors (Lipinski definition) is 4. The summed E-state index contributed by atoms with van der Waals surface area (Å²) in [4.78, 5) is 29.0. The van der Waals surface area contributed by atoms with Crippen LogP contribution in [-0.2, 0) is 31.6 Å². The molecule has 0 aliphatic carbocycles. The molecule has 2 aliphatic rings. The molecule has 2 atom stereocenters. The Balaban J connectivity index is 1.61. The first kappa shape index (κ1) is 31.6. The first-order valence-corrected chi connectivity index (χ1v) is 15.2. The van der Waals surface area contributed by atoms with E-state index in [1.165, 1.54) is 26.2 Å². The fourth-order valence-corrected chi connectivity index (χ4v) is 8.20. The summed E-state index contributed by atoms with van der Waals surface area (Å²) in [6.07, 6.45) is -6.21. The molecule has 2 heterocycles. The normalized spacial score (nSPS) is 19.9. The minimum Gasteiger partial charge on any atom is -0.465 e. The summed E-state index contributed by atoms with van der Waals surface area (Å²) in [5.74, 6) is -0.652. The van der Waals surface area contributed by atoms with Gasteiger partial charge in [0.15, 0.2) is 0 Å². The Kier molecular flexibility index (Phi) is 9.33. The maximum atomic E-state index is 13.2. The standard InChI is InChI=1S/C28H32Cl2F3N3O4S/c1-34(24(37)16-28(31,32)33)18-26(35(2)25(38)39,20-7-8-22(29)23(30)15-20)9-12-36-13-10-27(11-14-36)21-6-4-3-5-19(21)17-41(27)40/h3-8,15H,9-14,16-18H2,1-2H3,(H,38,39)/t26?,41-/m1/s1. The van der Waals surface area contributed by atoms with E-state index >= 15 is 0 Å². The first-order chi connectivity index (χ1) is 19.2. The number of hydrogen-bond donors (Lipinski definition) is 1. The lowest BCUT2D eigenvalue weighted by molar-refractivity contribution is -0.161. The minimum absolute atomic E-state index is 0.152. The van der Waals surface area contributed by atoms with Crippen LogP contribution in [0.3, 0.4) is 0 Å². The number of carbonyl (C=O) groups excluding carboxylic acids is 1. The second-order valence-electron chi connectivity index (χ2n) is 10.8. The average molecular weight is 635 g/mol. The van der Waals surface area contributed by atoms with Gasteiger partial charge in [-0.1, -0.05) is 53.5 Å². The molecule has 1 saturated heterocycles. The highest BCUT2D eigenvalue weighted by molar-refractivity contribution is 7.85. The van der Waals surface area contributed by atoms with Crippen LogP contribution in [0.4, 0.5) is 18.0 Å². The largest absolute Gasteiger partial charge is 0.465 e. The van der Waals surface area contributed by atoms with Crippen molar-refractivity contribution in [3.05, 3.63) is 69.2 Å². The Morgan fingerprint density at radius 1 is 1.07 bits per heavy atom. The molecule has 224 valence electrons. The van der Waals surface area contributed by atoms with Crippen LogP contribution in [0.15, 0.2) is 42.5 Å². The molecule has 1 unspecified atom stereocenters. The highest BCUT2D eigenvalue weighted by Crippen LogP contribution is 2.47. The van der Waals surface area contributed by atoms with Crippen LogP contribution in [0.5, 0.6) is 0 Å². The minimum atomic E-state index is -4.71. The molecular formula is C28H32Cl2F3N3O4S. The number of likely N-dealkylation sites (N-methyl/N-ethyl adjacent to an activating group) is 2. The topological polar surface area (TPSA) is 81.2 Å². The summed E-state index contributed by atoms with van der Waals surface area (Å²) in [6, 6.07) is 12.5. The fourth-order valence-electron chi connectivity index (χ4n) is 6.01. The van der Waals surface area contributed by atoms with Crippen LogP contribution in [-0.4, -0.2) is 82.5 Å². The molecule has 1 spiro atoms. The molecular weight excluding hydrogens is 602 g/mol. The zero-order chi connectivity index (χ0) is 30.2. The third-order valence-corrected chi connectivity index (χ3v) is 11.2. The number of benzene rings is 2. The van der Waals surface area contributed by atoms with Gasteiger partial charge in [0.25, 0.3) is 0 Å². The van der Waals surface area contributed by atoms with Crippen LogP contribution < -0.4 is 0 Å². The molecule has 2 aliphatic heterocycles. The summed E-state index contributed by atoms with van der Waals surface area (Å²) < 4.78 is 51.9. The van der Waals surface area contributed by atoms with E-state index in [0.717, 1.165) is 20.9 Å². The number of carboxylic acid groups (broad SMARTS) is 1. The molecule has 41 heavy (non-hydrogen) atoms. The number of piperidine rings is 1. The van der Waals surface area contributed by atoms with Crippen LogP contribution in [0, 0.1) is 0 Å². The van der Waals surface area contributed by atoms with Crippen LogP contribution in [0.1, 0.15) is 42.4 Å². The molecule has 0 saturated carbocycles. The van der Waals surface area contributed by atoms with Crippen molar-refractivity contribution in [2.45, 2.75) is 47.9 Å². The van der Waals surface area contributed by atoms with Gasteiger partial charge in [-0.3, -0.25) is 13.9 Å². The lowest BCUT2D eigenvalue weighted by atomic mass is 9.83. The third kappa shape index (κ3) is 6.53. The Morgan fingerprint density at radius 3 is 2.34 bits per heavy atom. The van der Waals surface area contributed by atoms with Gasteiger partial charge >= 0.3 is 12.3 Å². The van der Waals surface area contributed by atoms with Crippen molar-refractivity contribution in [3.63, 3.8) is 0 Å². The van der Waals surface area contributed by atoms with Gasteiger partial charge in [-0.05, 0) is 61.2 Å². The number of amides is 2. The molecule has 13 heteroatoms. The highest BCUT2D eigenvalue weighted by atomic mass is 35.5. The van der Waals surface area contributed by atoms with E-state index in [4.69, 9.17) is 23.2 Å². The molecule has 0 radical (unpaired) electrons. The van der Waals surface area contributed by atoms with Crippen LogP contribution >= 0.6 is 23.2 Å². The van der Waals surface area contributed by atoms with E-state index in [1.807, 2.05) is 24.3 Å². The predicted molar refractivity (Wildman–Crippen MR) is 152 cm³/mol. The van der Waals surface area contributed by atoms with Gasteiger partial charge in [0, 0.05) is 43.7 Å². The van der Waals surface area contributed by atoms with Crippen molar-refractivity contribution >= 4 is 46.0 Å². The summed E-state index contributed by atoms with van der Waals surface area (Å²) in [7, 11) is 1.51. The molecule has 0 bridgehead atoms. The van der Waals surface area contributed by atoms with Gasteiger partial charge in [0.2, 0.25) is 5.91 Å². The quantitative estimate of drug-likeness (QED) is 0.394. The number of likely N-dealkylation sites (tertiary alicyclic amines) is 1. The maximum Gasteiger partial charge on any atom is 0.407 e. The van der Waals surface area contributed by atoms with Crippen molar-refractivity contribution in [2.75, 3.05) is 40.3 Å². The third-order valence-electron chi connectivity index (χ3n) is 8.40. The van der Waals surface area contributed by atoms with Crippen LogP contribution in [0.25, 0.3) is 0 Å². The van der Waals surface area contributed by atoms with Gasteiger partial charge in [-0.25, -0.2) is 4.79 Å². The maximum absolute atomic E-state index is 13.2. The molecule has 1 N–H and O–H groups in total. The molecule has 2 amide bonds. The van der Waals surface area contributed by atoms with Gasteiger partial charge in [-0.15, -0.1) is 0 Å². The SMILES string of the molecule is CN(CC(CCN1CCC2(CC1)c1ccccc1C[S@]2=O)(c1ccc(Cl)c(Cl)c1)N(C)C(=O)O)C(=O)CC(F)(F)F. The summed E-state index contributed by atoms with van der Waals surface area (Å²) in [5.41, 5.74) is 1.20. The Morgan fingerprint density at radius 2 is 1.73 bits per heavy atom. The van der Waals surface area contributed by atoms with Crippen molar-refractivity contribution in [2.24, 2.45) is 0 Å². The summed E-state index contributed by atoms with van der Waals surface area (Å²) in [5, 5.41) is 10.5. The van der Waals surface area contributed by atoms with E-state index in [9.17, 15) is 32.1 Å².